The number of pyridine rings is 1. The van der Waals surface area contributed by atoms with Crippen molar-refractivity contribution in [3.8, 4) is 5.75 Å². The first-order chi connectivity index (χ1) is 23.5. The molecule has 1 amide bonds. The highest BCUT2D eigenvalue weighted by atomic mass is 32.1. The number of rotatable bonds is 10. The zero-order valence-corrected chi connectivity index (χ0v) is 29.6. The molecule has 49 heavy (non-hydrogen) atoms. The van der Waals surface area contributed by atoms with Crippen molar-refractivity contribution in [2.75, 3.05) is 51.1 Å². The number of nitrogens with zero attached hydrogens (tertiary/aromatic N) is 9. The Morgan fingerprint density at radius 1 is 1.14 bits per heavy atom. The number of hydrogen-bond donors (Lipinski definition) is 1. The molecule has 0 aliphatic carbocycles. The van der Waals surface area contributed by atoms with Crippen LogP contribution < -0.4 is 20.5 Å². The molecule has 4 aromatic heterocycles. The maximum absolute atomic E-state index is 14.2. The van der Waals surface area contributed by atoms with Crippen LogP contribution in [0.2, 0.25) is 0 Å². The lowest BCUT2D eigenvalue weighted by Gasteiger charge is -2.35. The number of nitrogens with one attached hydrogen (secondary N) is 1. The predicted molar refractivity (Wildman–Crippen MR) is 193 cm³/mol. The minimum Gasteiger partial charge on any atom is -0.497 e. The van der Waals surface area contributed by atoms with Gasteiger partial charge < -0.3 is 14.5 Å². The first-order valence-electron chi connectivity index (χ1n) is 16.3. The largest absolute Gasteiger partial charge is 0.497 e. The van der Waals surface area contributed by atoms with Gasteiger partial charge in [0.25, 0.3) is 11.5 Å². The molecule has 1 aliphatic rings. The predicted octanol–water partition coefficient (Wildman–Crippen LogP) is 4.69. The molecule has 0 saturated carbocycles. The fourth-order valence-corrected chi connectivity index (χ4v) is 6.87. The van der Waals surface area contributed by atoms with E-state index in [0.29, 0.717) is 46.0 Å². The van der Waals surface area contributed by atoms with Crippen LogP contribution in [0, 0.1) is 5.92 Å². The molecular formula is C35H42N10O3S. The van der Waals surface area contributed by atoms with E-state index in [4.69, 9.17) is 9.72 Å². The number of fused-ring (bicyclic) bond motifs is 1. The number of carbonyl (C=O) groups is 1. The van der Waals surface area contributed by atoms with Crippen molar-refractivity contribution in [2.24, 2.45) is 5.92 Å². The third kappa shape index (κ3) is 7.86. The second kappa shape index (κ2) is 14.3. The molecule has 13 nitrogen and oxygen atoms in total. The first kappa shape index (κ1) is 33.9. The summed E-state index contributed by atoms with van der Waals surface area (Å²) in [7, 11) is 5.78. The molecule has 1 fully saturated rings. The summed E-state index contributed by atoms with van der Waals surface area (Å²) < 4.78 is 8.42. The summed E-state index contributed by atoms with van der Waals surface area (Å²) in [5.74, 6) is 1.95. The molecule has 1 atom stereocenters. The standard InChI is InChI=1S/C35H42N10O3S/c1-35(2,3)28-22-49-34(36-28)38-32(46)25-15-17-44-30(18-25)37-31(43-16-7-8-24(20-43)19-42(4)5)27(33(44)47)13-14-29-39-40-41-45(29)21-23-9-11-26(48-6)12-10-23/h9-15,17-18,22,24H,7-8,16,19-21H2,1-6H3,(H,36,38,46)/b14-13+. The van der Waals surface area contributed by atoms with Crippen LogP contribution in [0.25, 0.3) is 17.8 Å². The highest BCUT2D eigenvalue weighted by molar-refractivity contribution is 7.14. The van der Waals surface area contributed by atoms with Crippen molar-refractivity contribution >= 4 is 46.0 Å². The smallest absolute Gasteiger partial charge is 0.267 e. The Hall–Kier alpha value is -4.95. The maximum Gasteiger partial charge on any atom is 0.267 e. The van der Waals surface area contributed by atoms with E-state index < -0.39 is 0 Å². The maximum atomic E-state index is 14.2. The topological polar surface area (TPSA) is 136 Å². The third-order valence-corrected chi connectivity index (χ3v) is 9.25. The zero-order valence-electron chi connectivity index (χ0n) is 28.8. The van der Waals surface area contributed by atoms with E-state index in [0.717, 1.165) is 49.5 Å². The van der Waals surface area contributed by atoms with Gasteiger partial charge in [0.15, 0.2) is 11.0 Å². The van der Waals surface area contributed by atoms with Crippen LogP contribution in [-0.2, 0) is 12.0 Å². The summed E-state index contributed by atoms with van der Waals surface area (Å²) >= 11 is 1.39. The molecule has 14 heteroatoms. The van der Waals surface area contributed by atoms with Gasteiger partial charge in [0.2, 0.25) is 0 Å². The summed E-state index contributed by atoms with van der Waals surface area (Å²) in [4.78, 5) is 41.5. The molecule has 1 aromatic carbocycles. The highest BCUT2D eigenvalue weighted by Crippen LogP contribution is 2.28. The van der Waals surface area contributed by atoms with Crippen molar-refractivity contribution in [3.05, 3.63) is 86.5 Å². The first-order valence-corrected chi connectivity index (χ1v) is 17.2. The number of piperidine rings is 1. The Morgan fingerprint density at radius 2 is 1.94 bits per heavy atom. The van der Waals surface area contributed by atoms with E-state index in [-0.39, 0.29) is 16.9 Å². The van der Waals surface area contributed by atoms with Crippen LogP contribution in [-0.4, -0.2) is 86.2 Å². The van der Waals surface area contributed by atoms with Gasteiger partial charge in [-0.1, -0.05) is 32.9 Å². The molecular weight excluding hydrogens is 641 g/mol. The number of anilines is 2. The number of hydrogen-bond acceptors (Lipinski definition) is 11. The quantitative estimate of drug-likeness (QED) is 0.221. The molecule has 256 valence electrons. The number of carbonyl (C=O) groups excluding carboxylic acids is 1. The van der Waals surface area contributed by atoms with Gasteiger partial charge >= 0.3 is 0 Å². The average molecular weight is 683 g/mol. The Labute approximate surface area is 289 Å². The lowest BCUT2D eigenvalue weighted by atomic mass is 9.93. The lowest BCUT2D eigenvalue weighted by Crippen LogP contribution is -2.41. The van der Waals surface area contributed by atoms with Gasteiger partial charge in [-0.15, -0.1) is 16.4 Å². The van der Waals surface area contributed by atoms with E-state index >= 15 is 0 Å². The molecule has 0 radical (unpaired) electrons. The highest BCUT2D eigenvalue weighted by Gasteiger charge is 2.25. The van der Waals surface area contributed by atoms with Gasteiger partial charge in [-0.2, -0.15) is 0 Å². The van der Waals surface area contributed by atoms with E-state index in [1.165, 1.54) is 15.7 Å². The van der Waals surface area contributed by atoms with Gasteiger partial charge in [0, 0.05) is 42.2 Å². The molecule has 0 spiro atoms. The number of aromatic nitrogens is 7. The van der Waals surface area contributed by atoms with Gasteiger partial charge in [-0.05, 0) is 85.3 Å². The SMILES string of the molecule is COc1ccc(Cn2nnnc2/C=C/c2c(N3CCCC(CN(C)C)C3)nc3cc(C(=O)Nc4nc(C(C)(C)C)cs4)ccn3c2=O)cc1. The second-order valence-corrected chi connectivity index (χ2v) is 14.5. The molecule has 1 saturated heterocycles. The van der Waals surface area contributed by atoms with E-state index in [2.05, 4.69) is 70.5 Å². The number of amides is 1. The monoisotopic (exact) mass is 682 g/mol. The van der Waals surface area contributed by atoms with Gasteiger partial charge in [-0.25, -0.2) is 14.6 Å². The number of ether oxygens (including phenoxy) is 1. The van der Waals surface area contributed by atoms with E-state index in [1.807, 2.05) is 29.6 Å². The van der Waals surface area contributed by atoms with E-state index in [9.17, 15) is 9.59 Å². The van der Waals surface area contributed by atoms with Crippen molar-refractivity contribution in [1.82, 2.24) is 39.5 Å². The summed E-state index contributed by atoms with van der Waals surface area (Å²) in [5.41, 5.74) is 2.74. The number of tetrazole rings is 1. The summed E-state index contributed by atoms with van der Waals surface area (Å²) in [6.07, 6.45) is 7.18. The minimum atomic E-state index is -0.315. The summed E-state index contributed by atoms with van der Waals surface area (Å²) in [5, 5.41) is 17.7. The Bertz CT molecular complexity index is 2020. The molecule has 1 unspecified atom stereocenters. The van der Waals surface area contributed by atoms with Crippen LogP contribution in [0.15, 0.2) is 52.8 Å². The van der Waals surface area contributed by atoms with Crippen LogP contribution in [0.4, 0.5) is 10.9 Å². The second-order valence-electron chi connectivity index (χ2n) is 13.6. The molecule has 6 rings (SSSR count). The van der Waals surface area contributed by atoms with Crippen LogP contribution in [0.5, 0.6) is 5.75 Å². The minimum absolute atomic E-state index is 0.126. The number of thiazole rings is 1. The summed E-state index contributed by atoms with van der Waals surface area (Å²) in [6.45, 7) is 9.15. The third-order valence-electron chi connectivity index (χ3n) is 8.49. The molecule has 0 bridgehead atoms. The van der Waals surface area contributed by atoms with Crippen LogP contribution >= 0.6 is 11.3 Å². The zero-order chi connectivity index (χ0) is 34.7. The fraction of sp³-hybridized carbons (Fsp3) is 0.400. The molecule has 5 aromatic rings. The normalized spacial score (nSPS) is 15.4. The van der Waals surface area contributed by atoms with Gasteiger partial charge in [0.1, 0.15) is 17.2 Å². The summed E-state index contributed by atoms with van der Waals surface area (Å²) in [6, 6.07) is 11.0. The van der Waals surface area contributed by atoms with Crippen molar-refractivity contribution in [3.63, 3.8) is 0 Å². The van der Waals surface area contributed by atoms with E-state index in [1.54, 1.807) is 42.3 Å². The Kier molecular flexibility index (Phi) is 9.88. The Morgan fingerprint density at radius 3 is 2.65 bits per heavy atom. The van der Waals surface area contributed by atoms with Gasteiger partial charge in [0.05, 0.1) is 24.9 Å². The lowest BCUT2D eigenvalue weighted by molar-refractivity contribution is 0.102. The number of methoxy groups -OCH3 is 1. The van der Waals surface area contributed by atoms with Gasteiger partial charge in [-0.3, -0.25) is 19.3 Å². The van der Waals surface area contributed by atoms with Crippen LogP contribution in [0.3, 0.4) is 0 Å². The molecule has 1 aliphatic heterocycles. The molecule has 5 heterocycles. The van der Waals surface area contributed by atoms with Crippen LogP contribution in [0.1, 0.15) is 66.6 Å². The fourth-order valence-electron chi connectivity index (χ4n) is 5.94. The molecule has 1 N–H and O–H groups in total. The van der Waals surface area contributed by atoms with Crippen molar-refractivity contribution in [2.45, 2.75) is 45.6 Å². The number of benzene rings is 1. The average Bonchev–Trinajstić information content (AvgIpc) is 3.74. The van der Waals surface area contributed by atoms with Crippen molar-refractivity contribution in [1.29, 1.82) is 0 Å². The Balaban J connectivity index is 1.34. The van der Waals surface area contributed by atoms with Crippen molar-refractivity contribution < 1.29 is 9.53 Å².